The number of allylic oxidation sites excluding steroid dienone is 10. The number of phosphoric ester groups is 1. The van der Waals surface area contributed by atoms with Gasteiger partial charge in [-0.05, 0) is 77.0 Å². The molecule has 3 atom stereocenters. The number of phosphoric acid groups is 1. The molecule has 0 aromatic rings. The van der Waals surface area contributed by atoms with Crippen molar-refractivity contribution >= 4 is 25.7 Å². The Morgan fingerprint density at radius 1 is 0.554 bits per heavy atom. The number of nitrogens with two attached hydrogens (primary N) is 1. The number of hydrogen-bond donors (Lipinski definition) is 3. The molecular formula is C44H76NO10P. The van der Waals surface area contributed by atoms with Crippen LogP contribution in [-0.4, -0.2) is 59.9 Å². The highest BCUT2D eigenvalue weighted by atomic mass is 31.2. The third-order valence-corrected chi connectivity index (χ3v) is 9.69. The molecule has 1 unspecified atom stereocenters. The van der Waals surface area contributed by atoms with Crippen LogP contribution in [0.25, 0.3) is 0 Å². The molecule has 0 saturated carbocycles. The summed E-state index contributed by atoms with van der Waals surface area (Å²) in [5.74, 6) is -2.48. The van der Waals surface area contributed by atoms with Crippen molar-refractivity contribution in [3.63, 3.8) is 0 Å². The number of esters is 2. The lowest BCUT2D eigenvalue weighted by atomic mass is 10.1. The Labute approximate surface area is 338 Å². The van der Waals surface area contributed by atoms with Crippen LogP contribution in [0.15, 0.2) is 60.8 Å². The maximum atomic E-state index is 12.6. The smallest absolute Gasteiger partial charge is 0.472 e. The second-order valence-electron chi connectivity index (χ2n) is 14.1. The van der Waals surface area contributed by atoms with Crippen LogP contribution in [0.1, 0.15) is 168 Å². The van der Waals surface area contributed by atoms with E-state index in [2.05, 4.69) is 67.0 Å². The predicted molar refractivity (Wildman–Crippen MR) is 226 cm³/mol. The van der Waals surface area contributed by atoms with Gasteiger partial charge >= 0.3 is 25.7 Å². The number of carbonyl (C=O) groups excluding carboxylic acids is 2. The Balaban J connectivity index is 4.52. The van der Waals surface area contributed by atoms with Crippen LogP contribution in [-0.2, 0) is 37.5 Å². The minimum Gasteiger partial charge on any atom is -0.480 e. The molecule has 0 bridgehead atoms. The Bertz CT molecular complexity index is 1180. The first-order chi connectivity index (χ1) is 27.1. The van der Waals surface area contributed by atoms with Gasteiger partial charge in [0.05, 0.1) is 13.2 Å². The Morgan fingerprint density at radius 3 is 1.52 bits per heavy atom. The lowest BCUT2D eigenvalue weighted by Gasteiger charge is -2.20. The van der Waals surface area contributed by atoms with E-state index in [1.807, 2.05) is 12.2 Å². The standard InChI is InChI=1S/C44H76NO10P/c1-3-5-7-9-11-13-15-17-19-20-22-24-26-28-30-32-34-36-43(47)55-40(38-53-56(50,51)54-39-41(45)44(48)49)37-52-42(46)35-33-31-29-27-25-23-21-18-16-14-12-10-8-6-4-2/h11,13,17,19,22,24-25,27-28,30,40-41H,3-10,12,14-16,18,20-21,23,26,29,31-39,45H2,1-2H3,(H,48,49)(H,50,51)/b13-11+,19-17+,24-22+,27-25+,30-28+/t40-,41+/m1/s1. The summed E-state index contributed by atoms with van der Waals surface area (Å²) in [5.41, 5.74) is 5.32. The highest BCUT2D eigenvalue weighted by Gasteiger charge is 2.28. The Hall–Kier alpha value is -2.82. The van der Waals surface area contributed by atoms with E-state index >= 15 is 0 Å². The number of carboxylic acids is 1. The normalized spacial score (nSPS) is 14.4. The fraction of sp³-hybridized carbons (Fsp3) is 0.705. The first kappa shape index (κ1) is 53.2. The number of ether oxygens (including phenoxy) is 2. The Morgan fingerprint density at radius 2 is 0.964 bits per heavy atom. The Kier molecular flexibility index (Phi) is 37.1. The second kappa shape index (κ2) is 39.0. The van der Waals surface area contributed by atoms with Crippen molar-refractivity contribution in [3.05, 3.63) is 60.8 Å². The molecule has 56 heavy (non-hydrogen) atoms. The van der Waals surface area contributed by atoms with Gasteiger partial charge in [0.1, 0.15) is 12.6 Å². The summed E-state index contributed by atoms with van der Waals surface area (Å²) in [4.78, 5) is 45.9. The van der Waals surface area contributed by atoms with Crippen molar-refractivity contribution in [3.8, 4) is 0 Å². The lowest BCUT2D eigenvalue weighted by Crippen LogP contribution is -2.34. The van der Waals surface area contributed by atoms with Gasteiger partial charge in [0.15, 0.2) is 6.10 Å². The van der Waals surface area contributed by atoms with Gasteiger partial charge < -0.3 is 25.2 Å². The van der Waals surface area contributed by atoms with E-state index in [4.69, 9.17) is 24.8 Å². The van der Waals surface area contributed by atoms with Crippen molar-refractivity contribution in [2.24, 2.45) is 5.73 Å². The summed E-state index contributed by atoms with van der Waals surface area (Å²) in [5, 5.41) is 8.88. The minimum atomic E-state index is -4.74. The average molecular weight is 810 g/mol. The van der Waals surface area contributed by atoms with Crippen LogP contribution in [0.3, 0.4) is 0 Å². The number of rotatable bonds is 39. The molecule has 0 aliphatic rings. The number of hydrogen-bond acceptors (Lipinski definition) is 9. The maximum absolute atomic E-state index is 12.6. The number of aliphatic carboxylic acids is 1. The number of carbonyl (C=O) groups is 3. The van der Waals surface area contributed by atoms with Crippen LogP contribution in [0, 0.1) is 0 Å². The van der Waals surface area contributed by atoms with Gasteiger partial charge in [0.2, 0.25) is 0 Å². The molecule has 0 fully saturated rings. The average Bonchev–Trinajstić information content (AvgIpc) is 3.17. The van der Waals surface area contributed by atoms with Crippen molar-refractivity contribution < 1.29 is 47.5 Å². The van der Waals surface area contributed by atoms with Gasteiger partial charge in [0.25, 0.3) is 0 Å². The zero-order valence-corrected chi connectivity index (χ0v) is 35.6. The molecule has 0 saturated heterocycles. The summed E-state index contributed by atoms with van der Waals surface area (Å²) in [6, 6.07) is -1.53. The van der Waals surface area contributed by atoms with Crippen LogP contribution < -0.4 is 5.73 Å². The molecule has 0 spiro atoms. The van der Waals surface area contributed by atoms with Gasteiger partial charge in [-0.1, -0.05) is 139 Å². The SMILES string of the molecule is CCCCC/C=C/C/C=C/C/C=C/C/C=C/CCCC(=O)O[C@H](COC(=O)CCCC/C=C/CCCCCCCCCCC)COP(=O)(O)OC[C@H](N)C(=O)O. The highest BCUT2D eigenvalue weighted by molar-refractivity contribution is 7.47. The molecule has 12 heteroatoms. The third-order valence-electron chi connectivity index (χ3n) is 8.74. The molecule has 0 rings (SSSR count). The van der Waals surface area contributed by atoms with E-state index in [9.17, 15) is 23.8 Å². The zero-order valence-electron chi connectivity index (χ0n) is 34.7. The molecule has 322 valence electrons. The fourth-order valence-corrected chi connectivity index (χ4v) is 6.12. The second-order valence-corrected chi connectivity index (χ2v) is 15.6. The van der Waals surface area contributed by atoms with Crippen molar-refractivity contribution in [1.29, 1.82) is 0 Å². The molecule has 0 radical (unpaired) electrons. The van der Waals surface area contributed by atoms with Gasteiger partial charge in [-0.25, -0.2) is 4.57 Å². The minimum absolute atomic E-state index is 0.0792. The van der Waals surface area contributed by atoms with Crippen LogP contribution >= 0.6 is 7.82 Å². The third kappa shape index (κ3) is 38.1. The van der Waals surface area contributed by atoms with Gasteiger partial charge in [-0.15, -0.1) is 0 Å². The number of unbranched alkanes of at least 4 members (excludes halogenated alkanes) is 15. The van der Waals surface area contributed by atoms with Crippen LogP contribution in [0.5, 0.6) is 0 Å². The van der Waals surface area contributed by atoms with E-state index in [0.29, 0.717) is 19.3 Å². The first-order valence-electron chi connectivity index (χ1n) is 21.3. The molecule has 0 aromatic carbocycles. The zero-order chi connectivity index (χ0) is 41.4. The molecule has 11 nitrogen and oxygen atoms in total. The van der Waals surface area contributed by atoms with Crippen molar-refractivity contribution in [2.45, 2.75) is 180 Å². The summed E-state index contributed by atoms with van der Waals surface area (Å²) in [6.07, 6.45) is 44.4. The molecule has 0 heterocycles. The van der Waals surface area contributed by atoms with Gasteiger partial charge in [-0.2, -0.15) is 0 Å². The summed E-state index contributed by atoms with van der Waals surface area (Å²) < 4.78 is 32.6. The van der Waals surface area contributed by atoms with Gasteiger partial charge in [0, 0.05) is 12.8 Å². The fourth-order valence-electron chi connectivity index (χ4n) is 5.34. The number of carboxylic acid groups (broad SMARTS) is 1. The largest absolute Gasteiger partial charge is 0.480 e. The van der Waals surface area contributed by atoms with Crippen molar-refractivity contribution in [1.82, 2.24) is 0 Å². The summed E-state index contributed by atoms with van der Waals surface area (Å²) in [7, 11) is -4.74. The molecule has 0 amide bonds. The van der Waals surface area contributed by atoms with E-state index in [-0.39, 0.29) is 19.4 Å². The first-order valence-corrected chi connectivity index (χ1v) is 22.8. The van der Waals surface area contributed by atoms with E-state index in [1.165, 1.54) is 77.0 Å². The van der Waals surface area contributed by atoms with E-state index in [0.717, 1.165) is 44.9 Å². The monoisotopic (exact) mass is 810 g/mol. The molecule has 0 aliphatic carbocycles. The van der Waals surface area contributed by atoms with Gasteiger partial charge in [-0.3, -0.25) is 23.4 Å². The van der Waals surface area contributed by atoms with Crippen molar-refractivity contribution in [2.75, 3.05) is 19.8 Å². The van der Waals surface area contributed by atoms with Crippen LogP contribution in [0.2, 0.25) is 0 Å². The quantitative estimate of drug-likeness (QED) is 0.0233. The maximum Gasteiger partial charge on any atom is 0.472 e. The van der Waals surface area contributed by atoms with E-state index in [1.54, 1.807) is 0 Å². The predicted octanol–water partition coefficient (Wildman–Crippen LogP) is 11.2. The molecular weight excluding hydrogens is 733 g/mol. The molecule has 0 aromatic heterocycles. The van der Waals surface area contributed by atoms with E-state index < -0.39 is 51.1 Å². The summed E-state index contributed by atoms with van der Waals surface area (Å²) >= 11 is 0. The summed E-state index contributed by atoms with van der Waals surface area (Å²) in [6.45, 7) is 2.69. The van der Waals surface area contributed by atoms with Crippen LogP contribution in [0.4, 0.5) is 0 Å². The molecule has 4 N–H and O–H groups in total. The highest BCUT2D eigenvalue weighted by Crippen LogP contribution is 2.43. The lowest BCUT2D eigenvalue weighted by molar-refractivity contribution is -0.161. The topological polar surface area (TPSA) is 172 Å². The molecule has 0 aliphatic heterocycles.